The second kappa shape index (κ2) is 8.48. The summed E-state index contributed by atoms with van der Waals surface area (Å²) >= 11 is 0. The quantitative estimate of drug-likeness (QED) is 0.677. The normalized spacial score (nSPS) is 10.6. The third kappa shape index (κ3) is 5.24. The lowest BCUT2D eigenvalue weighted by atomic mass is 10.0. The number of hydrogen-bond acceptors (Lipinski definition) is 2. The summed E-state index contributed by atoms with van der Waals surface area (Å²) < 4.78 is 11.0. The molecule has 0 bridgehead atoms. The minimum atomic E-state index is 0.704. The van der Waals surface area contributed by atoms with E-state index >= 15 is 0 Å². The van der Waals surface area contributed by atoms with Crippen LogP contribution in [0.4, 0.5) is 0 Å². The first kappa shape index (κ1) is 15.6. The zero-order valence-corrected chi connectivity index (χ0v) is 13.0. The molecule has 2 nitrogen and oxygen atoms in total. The Morgan fingerprint density at radius 3 is 2.48 bits per heavy atom. The van der Waals surface area contributed by atoms with Gasteiger partial charge in [-0.15, -0.1) is 0 Å². The average Bonchev–Trinajstić information content (AvgIpc) is 2.52. The smallest absolute Gasteiger partial charge is 0.122 e. The maximum Gasteiger partial charge on any atom is 0.122 e. The van der Waals surface area contributed by atoms with Gasteiger partial charge in [-0.05, 0) is 42.5 Å². The molecule has 0 radical (unpaired) electrons. The maximum absolute atomic E-state index is 5.93. The van der Waals surface area contributed by atoms with Crippen LogP contribution in [0.15, 0.2) is 48.5 Å². The number of rotatable bonds is 8. The van der Waals surface area contributed by atoms with E-state index in [1.165, 1.54) is 16.7 Å². The SMILES string of the molecule is COCCCOc1cc(C)ccc1CCc1ccccc1. The van der Waals surface area contributed by atoms with Crippen molar-refractivity contribution in [2.24, 2.45) is 0 Å². The fraction of sp³-hybridized carbons (Fsp3) is 0.368. The fourth-order valence-corrected chi connectivity index (χ4v) is 2.31. The van der Waals surface area contributed by atoms with Crippen LogP contribution in [0.5, 0.6) is 5.75 Å². The summed E-state index contributed by atoms with van der Waals surface area (Å²) in [4.78, 5) is 0. The highest BCUT2D eigenvalue weighted by Crippen LogP contribution is 2.22. The lowest BCUT2D eigenvalue weighted by molar-refractivity contribution is 0.172. The van der Waals surface area contributed by atoms with Crippen molar-refractivity contribution in [3.63, 3.8) is 0 Å². The summed E-state index contributed by atoms with van der Waals surface area (Å²) in [7, 11) is 1.72. The first-order valence-corrected chi connectivity index (χ1v) is 7.55. The van der Waals surface area contributed by atoms with E-state index in [1.807, 2.05) is 0 Å². The van der Waals surface area contributed by atoms with Gasteiger partial charge in [-0.25, -0.2) is 0 Å². The highest BCUT2D eigenvalue weighted by atomic mass is 16.5. The van der Waals surface area contributed by atoms with Crippen molar-refractivity contribution < 1.29 is 9.47 Å². The van der Waals surface area contributed by atoms with E-state index in [0.717, 1.165) is 31.6 Å². The molecule has 0 unspecified atom stereocenters. The second-order valence-electron chi connectivity index (χ2n) is 5.29. The monoisotopic (exact) mass is 284 g/mol. The predicted octanol–water partition coefficient (Wildman–Crippen LogP) is 4.20. The third-order valence-electron chi connectivity index (χ3n) is 3.50. The molecule has 112 valence electrons. The number of aryl methyl sites for hydroxylation is 3. The van der Waals surface area contributed by atoms with Crippen molar-refractivity contribution in [1.29, 1.82) is 0 Å². The molecule has 2 rings (SSSR count). The van der Waals surface area contributed by atoms with Gasteiger partial charge in [0.05, 0.1) is 6.61 Å². The summed E-state index contributed by atoms with van der Waals surface area (Å²) in [6, 6.07) is 17.1. The second-order valence-corrected chi connectivity index (χ2v) is 5.29. The molecule has 0 N–H and O–H groups in total. The van der Waals surface area contributed by atoms with Crippen LogP contribution in [0.1, 0.15) is 23.1 Å². The van der Waals surface area contributed by atoms with Gasteiger partial charge in [0.25, 0.3) is 0 Å². The summed E-state index contributed by atoms with van der Waals surface area (Å²) in [5.41, 5.74) is 3.88. The van der Waals surface area contributed by atoms with Crippen LogP contribution in [0.25, 0.3) is 0 Å². The van der Waals surface area contributed by atoms with Crippen molar-refractivity contribution in [3.05, 3.63) is 65.2 Å². The van der Waals surface area contributed by atoms with Crippen LogP contribution in [0, 0.1) is 6.92 Å². The van der Waals surface area contributed by atoms with Gasteiger partial charge in [0.15, 0.2) is 0 Å². The van der Waals surface area contributed by atoms with Gasteiger partial charge in [-0.2, -0.15) is 0 Å². The molecule has 0 saturated carbocycles. The van der Waals surface area contributed by atoms with Crippen LogP contribution in [0.2, 0.25) is 0 Å². The molecule has 2 heteroatoms. The molecule has 0 fully saturated rings. The van der Waals surface area contributed by atoms with Gasteiger partial charge >= 0.3 is 0 Å². The highest BCUT2D eigenvalue weighted by molar-refractivity contribution is 5.37. The van der Waals surface area contributed by atoms with E-state index in [-0.39, 0.29) is 0 Å². The Labute approximate surface area is 127 Å². The fourth-order valence-electron chi connectivity index (χ4n) is 2.31. The van der Waals surface area contributed by atoms with Gasteiger partial charge in [0.2, 0.25) is 0 Å². The van der Waals surface area contributed by atoms with E-state index in [9.17, 15) is 0 Å². The van der Waals surface area contributed by atoms with Crippen molar-refractivity contribution in [2.75, 3.05) is 20.3 Å². The molecule has 0 aliphatic rings. The van der Waals surface area contributed by atoms with Gasteiger partial charge < -0.3 is 9.47 Å². The van der Waals surface area contributed by atoms with Gasteiger partial charge in [0.1, 0.15) is 5.75 Å². The zero-order chi connectivity index (χ0) is 14.9. The Morgan fingerprint density at radius 1 is 0.905 bits per heavy atom. The number of hydrogen-bond donors (Lipinski definition) is 0. The lowest BCUT2D eigenvalue weighted by Crippen LogP contribution is -2.04. The summed E-state index contributed by atoms with van der Waals surface area (Å²) in [6.07, 6.45) is 2.96. The van der Waals surface area contributed by atoms with Gasteiger partial charge in [0, 0.05) is 20.1 Å². The average molecular weight is 284 g/mol. The van der Waals surface area contributed by atoms with Gasteiger partial charge in [-0.1, -0.05) is 42.5 Å². The standard InChI is InChI=1S/C19H24O2/c1-16-9-11-18(12-10-17-7-4-3-5-8-17)19(15-16)21-14-6-13-20-2/h3-5,7-9,11,15H,6,10,12-14H2,1-2H3. The predicted molar refractivity (Wildman–Crippen MR) is 87.0 cm³/mol. The Bertz CT molecular complexity index is 535. The Morgan fingerprint density at radius 2 is 1.71 bits per heavy atom. The molecule has 0 aliphatic heterocycles. The van der Waals surface area contributed by atoms with Gasteiger partial charge in [-0.3, -0.25) is 0 Å². The molecular weight excluding hydrogens is 260 g/mol. The molecule has 21 heavy (non-hydrogen) atoms. The largest absolute Gasteiger partial charge is 0.493 e. The molecule has 0 atom stereocenters. The van der Waals surface area contributed by atoms with Crippen LogP contribution in [-0.2, 0) is 17.6 Å². The molecule has 0 aromatic heterocycles. The molecule has 0 amide bonds. The first-order chi connectivity index (χ1) is 10.3. The summed E-state index contributed by atoms with van der Waals surface area (Å²) in [5.74, 6) is 1.02. The number of ether oxygens (including phenoxy) is 2. The van der Waals surface area contributed by atoms with Crippen molar-refractivity contribution in [2.45, 2.75) is 26.2 Å². The van der Waals surface area contributed by atoms with Crippen molar-refractivity contribution >= 4 is 0 Å². The van der Waals surface area contributed by atoms with E-state index in [0.29, 0.717) is 6.61 Å². The minimum absolute atomic E-state index is 0.704. The van der Waals surface area contributed by atoms with Crippen LogP contribution < -0.4 is 4.74 Å². The molecule has 0 saturated heterocycles. The molecule has 0 heterocycles. The van der Waals surface area contributed by atoms with E-state index in [1.54, 1.807) is 7.11 Å². The Hall–Kier alpha value is -1.80. The highest BCUT2D eigenvalue weighted by Gasteiger charge is 2.05. The lowest BCUT2D eigenvalue weighted by Gasteiger charge is -2.12. The topological polar surface area (TPSA) is 18.5 Å². The maximum atomic E-state index is 5.93. The Kier molecular flexibility index (Phi) is 6.29. The third-order valence-corrected chi connectivity index (χ3v) is 3.50. The molecular formula is C19H24O2. The van der Waals surface area contributed by atoms with E-state index in [4.69, 9.17) is 9.47 Å². The summed E-state index contributed by atoms with van der Waals surface area (Å²) in [6.45, 7) is 3.55. The molecule has 0 spiro atoms. The minimum Gasteiger partial charge on any atom is -0.493 e. The van der Waals surface area contributed by atoms with Crippen molar-refractivity contribution in [3.8, 4) is 5.75 Å². The van der Waals surface area contributed by atoms with E-state index < -0.39 is 0 Å². The molecule has 0 aliphatic carbocycles. The van der Waals surface area contributed by atoms with Crippen LogP contribution in [0.3, 0.4) is 0 Å². The Balaban J connectivity index is 1.97. The molecule has 2 aromatic carbocycles. The number of benzene rings is 2. The van der Waals surface area contributed by atoms with Crippen LogP contribution >= 0.6 is 0 Å². The van der Waals surface area contributed by atoms with E-state index in [2.05, 4.69) is 55.5 Å². The number of methoxy groups -OCH3 is 1. The molecule has 2 aromatic rings. The zero-order valence-electron chi connectivity index (χ0n) is 13.0. The van der Waals surface area contributed by atoms with Crippen LogP contribution in [-0.4, -0.2) is 20.3 Å². The van der Waals surface area contributed by atoms with Crippen molar-refractivity contribution in [1.82, 2.24) is 0 Å². The first-order valence-electron chi connectivity index (χ1n) is 7.55. The summed E-state index contributed by atoms with van der Waals surface area (Å²) in [5, 5.41) is 0.